The third-order valence-electron chi connectivity index (χ3n) is 3.11. The van der Waals surface area contributed by atoms with E-state index in [-0.39, 0.29) is 22.7 Å². The van der Waals surface area contributed by atoms with Crippen molar-refractivity contribution >= 4 is 29.0 Å². The maximum atomic E-state index is 12.1. The molecule has 0 atom stereocenters. The van der Waals surface area contributed by atoms with Gasteiger partial charge in [-0.25, -0.2) is 4.98 Å². The zero-order chi connectivity index (χ0) is 17.9. The summed E-state index contributed by atoms with van der Waals surface area (Å²) in [5, 5.41) is 14.1. The van der Waals surface area contributed by atoms with Gasteiger partial charge in [0.25, 0.3) is 11.2 Å². The minimum atomic E-state index is -0.525. The quantitative estimate of drug-likeness (QED) is 0.370. The summed E-state index contributed by atoms with van der Waals surface area (Å²) in [6, 6.07) is 4.52. The van der Waals surface area contributed by atoms with E-state index >= 15 is 0 Å². The molecule has 0 radical (unpaired) electrons. The second kappa shape index (κ2) is 7.26. The van der Waals surface area contributed by atoms with Gasteiger partial charge in [0, 0.05) is 17.8 Å². The van der Waals surface area contributed by atoms with Crippen LogP contribution < -0.4 is 10.9 Å². The molecule has 24 heavy (non-hydrogen) atoms. The van der Waals surface area contributed by atoms with Crippen molar-refractivity contribution in [2.75, 3.05) is 11.1 Å². The molecule has 1 amide bonds. The number of amides is 1. The number of carbonyl (C=O) groups excluding carboxylic acids is 1. The molecule has 8 nitrogen and oxygen atoms in total. The average molecular weight is 348 g/mol. The number of benzene rings is 1. The number of hydrogen-bond donors (Lipinski definition) is 2. The molecule has 0 spiro atoms. The number of carbonyl (C=O) groups is 1. The first kappa shape index (κ1) is 17.7. The highest BCUT2D eigenvalue weighted by Gasteiger charge is 2.19. The first-order valence-corrected chi connectivity index (χ1v) is 8.01. The van der Waals surface area contributed by atoms with Crippen molar-refractivity contribution in [3.63, 3.8) is 0 Å². The van der Waals surface area contributed by atoms with Crippen LogP contribution in [0.3, 0.4) is 0 Å². The van der Waals surface area contributed by atoms with Gasteiger partial charge in [0.15, 0.2) is 5.16 Å². The number of nitrogens with one attached hydrogen (secondary N) is 2. The number of rotatable bonds is 5. The molecule has 2 N–H and O–H groups in total. The number of nitrogens with zero attached hydrogens (tertiary/aromatic N) is 2. The first-order chi connectivity index (χ1) is 11.3. The third kappa shape index (κ3) is 4.42. The molecule has 126 valence electrons. The topological polar surface area (TPSA) is 118 Å². The van der Waals surface area contributed by atoms with E-state index in [1.807, 2.05) is 0 Å². The molecule has 9 heteroatoms. The van der Waals surface area contributed by atoms with Crippen molar-refractivity contribution in [2.45, 2.75) is 25.9 Å². The molecule has 0 aliphatic rings. The predicted molar refractivity (Wildman–Crippen MR) is 91.5 cm³/mol. The van der Waals surface area contributed by atoms with Crippen LogP contribution in [0.25, 0.3) is 0 Å². The van der Waals surface area contributed by atoms with Gasteiger partial charge in [0.05, 0.1) is 10.7 Å². The van der Waals surface area contributed by atoms with E-state index in [9.17, 15) is 19.7 Å². The molecule has 1 heterocycles. The van der Waals surface area contributed by atoms with Crippen LogP contribution in [0.4, 0.5) is 11.4 Å². The maximum absolute atomic E-state index is 12.1. The minimum Gasteiger partial charge on any atom is -0.319 e. The first-order valence-electron chi connectivity index (χ1n) is 7.02. The van der Waals surface area contributed by atoms with Gasteiger partial charge in [-0.1, -0.05) is 17.8 Å². The SMILES string of the molecule is Cc1cc(C)c(NC(=O)CSc2nc(C)cc(=O)[nH]2)c([N+](=O)[O-])c1. The maximum Gasteiger partial charge on any atom is 0.293 e. The summed E-state index contributed by atoms with van der Waals surface area (Å²) in [5.74, 6) is -0.448. The van der Waals surface area contributed by atoms with E-state index < -0.39 is 10.8 Å². The second-order valence-corrected chi connectivity index (χ2v) is 6.23. The van der Waals surface area contributed by atoms with Crippen LogP contribution in [0.5, 0.6) is 0 Å². The molecule has 0 saturated carbocycles. The Hall–Kier alpha value is -2.68. The molecule has 0 aliphatic carbocycles. The lowest BCUT2D eigenvalue weighted by atomic mass is 10.1. The Morgan fingerprint density at radius 1 is 1.33 bits per heavy atom. The lowest BCUT2D eigenvalue weighted by Crippen LogP contribution is -2.17. The number of nitro benzene ring substituents is 1. The highest BCUT2D eigenvalue weighted by molar-refractivity contribution is 7.99. The van der Waals surface area contributed by atoms with E-state index in [1.54, 1.807) is 26.8 Å². The fourth-order valence-electron chi connectivity index (χ4n) is 2.18. The largest absolute Gasteiger partial charge is 0.319 e. The summed E-state index contributed by atoms with van der Waals surface area (Å²) < 4.78 is 0. The van der Waals surface area contributed by atoms with Gasteiger partial charge >= 0.3 is 0 Å². The number of nitro groups is 1. The zero-order valence-corrected chi connectivity index (χ0v) is 14.2. The zero-order valence-electron chi connectivity index (χ0n) is 13.4. The molecule has 0 fully saturated rings. The summed E-state index contributed by atoms with van der Waals surface area (Å²) >= 11 is 1.05. The molecular weight excluding hydrogens is 332 g/mol. The number of hydrogen-bond acceptors (Lipinski definition) is 6. The van der Waals surface area contributed by atoms with E-state index in [4.69, 9.17) is 0 Å². The number of aromatic nitrogens is 2. The Bertz CT molecular complexity index is 863. The van der Waals surface area contributed by atoms with Crippen LogP contribution >= 0.6 is 11.8 Å². The van der Waals surface area contributed by atoms with Crippen molar-refractivity contribution < 1.29 is 9.72 Å². The van der Waals surface area contributed by atoms with Crippen molar-refractivity contribution in [1.82, 2.24) is 9.97 Å². The van der Waals surface area contributed by atoms with Crippen molar-refractivity contribution in [1.29, 1.82) is 0 Å². The third-order valence-corrected chi connectivity index (χ3v) is 3.98. The Morgan fingerprint density at radius 3 is 2.67 bits per heavy atom. The summed E-state index contributed by atoms with van der Waals surface area (Å²) in [4.78, 5) is 40.7. The van der Waals surface area contributed by atoms with Gasteiger partial charge in [-0.2, -0.15) is 0 Å². The predicted octanol–water partition coefficient (Wildman–Crippen LogP) is 2.33. The molecular formula is C15H16N4O4S. The number of aryl methyl sites for hydroxylation is 3. The van der Waals surface area contributed by atoms with Crippen molar-refractivity contribution in [3.05, 3.63) is 55.5 Å². The number of aromatic amines is 1. The molecule has 0 aliphatic heterocycles. The normalized spacial score (nSPS) is 10.5. The number of H-pyrrole nitrogens is 1. The van der Waals surface area contributed by atoms with Gasteiger partial charge in [-0.3, -0.25) is 19.7 Å². The number of thioether (sulfide) groups is 1. The van der Waals surface area contributed by atoms with Gasteiger partial charge in [0.1, 0.15) is 5.69 Å². The summed E-state index contributed by atoms with van der Waals surface area (Å²) in [6.07, 6.45) is 0. The summed E-state index contributed by atoms with van der Waals surface area (Å²) in [5.41, 5.74) is 1.65. The minimum absolute atomic E-state index is 0.0309. The Balaban J connectivity index is 2.13. The molecule has 0 unspecified atom stereocenters. The van der Waals surface area contributed by atoms with Crippen molar-refractivity contribution in [3.8, 4) is 0 Å². The van der Waals surface area contributed by atoms with E-state index in [0.29, 0.717) is 16.4 Å². The van der Waals surface area contributed by atoms with Crippen LogP contribution in [-0.4, -0.2) is 26.6 Å². The van der Waals surface area contributed by atoms with E-state index in [1.165, 1.54) is 12.1 Å². The fraction of sp³-hybridized carbons (Fsp3) is 0.267. The Kier molecular flexibility index (Phi) is 5.35. The summed E-state index contributed by atoms with van der Waals surface area (Å²) in [7, 11) is 0. The lowest BCUT2D eigenvalue weighted by Gasteiger charge is -2.10. The monoisotopic (exact) mass is 348 g/mol. The Labute approximate surface area is 141 Å². The lowest BCUT2D eigenvalue weighted by molar-refractivity contribution is -0.384. The molecule has 2 aromatic rings. The Morgan fingerprint density at radius 2 is 2.04 bits per heavy atom. The molecule has 0 bridgehead atoms. The van der Waals surface area contributed by atoms with Crippen LogP contribution in [0, 0.1) is 30.9 Å². The van der Waals surface area contributed by atoms with Gasteiger partial charge in [-0.05, 0) is 31.9 Å². The number of anilines is 1. The van der Waals surface area contributed by atoms with E-state index in [0.717, 1.165) is 17.3 Å². The van der Waals surface area contributed by atoms with Crippen LogP contribution in [0.2, 0.25) is 0 Å². The van der Waals surface area contributed by atoms with E-state index in [2.05, 4.69) is 15.3 Å². The van der Waals surface area contributed by atoms with Gasteiger partial charge in [0.2, 0.25) is 5.91 Å². The highest BCUT2D eigenvalue weighted by Crippen LogP contribution is 2.29. The summed E-state index contributed by atoms with van der Waals surface area (Å²) in [6.45, 7) is 5.13. The molecule has 0 saturated heterocycles. The molecule has 1 aromatic heterocycles. The standard InChI is InChI=1S/C15H16N4O4S/c1-8-4-9(2)14(11(5-8)19(22)23)17-13(21)7-24-15-16-10(3)6-12(20)18-15/h4-6H,7H2,1-3H3,(H,17,21)(H,16,18,20). The molecule has 1 aromatic carbocycles. The smallest absolute Gasteiger partial charge is 0.293 e. The average Bonchev–Trinajstić information content (AvgIpc) is 2.46. The second-order valence-electron chi connectivity index (χ2n) is 5.26. The van der Waals surface area contributed by atoms with Gasteiger partial charge < -0.3 is 10.3 Å². The highest BCUT2D eigenvalue weighted by atomic mass is 32.2. The fourth-order valence-corrected chi connectivity index (χ4v) is 2.90. The van der Waals surface area contributed by atoms with Crippen molar-refractivity contribution in [2.24, 2.45) is 0 Å². The molecule has 2 rings (SSSR count). The van der Waals surface area contributed by atoms with Gasteiger partial charge in [-0.15, -0.1) is 0 Å². The van der Waals surface area contributed by atoms with Crippen LogP contribution in [0.15, 0.2) is 28.2 Å². The van der Waals surface area contributed by atoms with Crippen LogP contribution in [-0.2, 0) is 4.79 Å². The van der Waals surface area contributed by atoms with Crippen LogP contribution in [0.1, 0.15) is 16.8 Å².